The van der Waals surface area contributed by atoms with Crippen LogP contribution in [-0.2, 0) is 6.54 Å². The summed E-state index contributed by atoms with van der Waals surface area (Å²) < 4.78 is 2.36. The van der Waals surface area contributed by atoms with Crippen molar-refractivity contribution < 1.29 is 0 Å². The van der Waals surface area contributed by atoms with E-state index in [9.17, 15) is 0 Å². The molecule has 0 unspecified atom stereocenters. The predicted octanol–water partition coefficient (Wildman–Crippen LogP) is 7.68. The van der Waals surface area contributed by atoms with Crippen LogP contribution >= 0.6 is 0 Å². The second kappa shape index (κ2) is 14.6. The van der Waals surface area contributed by atoms with Gasteiger partial charge >= 0.3 is 0 Å². The van der Waals surface area contributed by atoms with Crippen LogP contribution in [0, 0.1) is 13.8 Å². The zero-order chi connectivity index (χ0) is 21.6. The van der Waals surface area contributed by atoms with Crippen LogP contribution in [0.1, 0.15) is 102 Å². The van der Waals surface area contributed by atoms with Gasteiger partial charge in [0.1, 0.15) is 0 Å². The van der Waals surface area contributed by atoms with Crippen LogP contribution in [0.2, 0.25) is 0 Å². The predicted molar refractivity (Wildman–Crippen MR) is 132 cm³/mol. The van der Waals surface area contributed by atoms with Crippen LogP contribution in [0.3, 0.4) is 0 Å². The summed E-state index contributed by atoms with van der Waals surface area (Å²) in [5, 5.41) is 0. The van der Waals surface area contributed by atoms with E-state index < -0.39 is 0 Å². The fourth-order valence-corrected chi connectivity index (χ4v) is 4.31. The lowest BCUT2D eigenvalue weighted by Gasteiger charge is -2.23. The zero-order valence-corrected chi connectivity index (χ0v) is 20.4. The van der Waals surface area contributed by atoms with Crippen molar-refractivity contribution in [3.8, 4) is 0 Å². The number of fused-ring (bicyclic) bond motifs is 1. The van der Waals surface area contributed by atoms with E-state index >= 15 is 0 Å². The van der Waals surface area contributed by atoms with E-state index in [2.05, 4.69) is 54.3 Å². The van der Waals surface area contributed by atoms with Crippen molar-refractivity contribution in [2.45, 2.75) is 111 Å². The Hall–Kier alpha value is -1.35. The minimum atomic E-state index is 1.05. The number of rotatable bonds is 17. The summed E-state index contributed by atoms with van der Waals surface area (Å²) in [5.74, 6) is 0. The molecule has 170 valence electrons. The van der Waals surface area contributed by atoms with Gasteiger partial charge in [0.2, 0.25) is 0 Å². The summed E-state index contributed by atoms with van der Waals surface area (Å²) in [4.78, 5) is 7.37. The summed E-state index contributed by atoms with van der Waals surface area (Å²) in [6, 6.07) is 4.54. The monoisotopic (exact) mass is 413 g/mol. The normalized spacial score (nSPS) is 11.8. The molecule has 3 heteroatoms. The van der Waals surface area contributed by atoms with Crippen molar-refractivity contribution in [2.24, 2.45) is 0 Å². The first-order valence-electron chi connectivity index (χ1n) is 12.8. The highest BCUT2D eigenvalue weighted by Gasteiger charge is 2.09. The Morgan fingerprint density at radius 2 is 1.23 bits per heavy atom. The van der Waals surface area contributed by atoms with Gasteiger partial charge in [-0.25, -0.2) is 4.98 Å². The van der Waals surface area contributed by atoms with Crippen molar-refractivity contribution in [3.63, 3.8) is 0 Å². The summed E-state index contributed by atoms with van der Waals surface area (Å²) in [7, 11) is 0. The zero-order valence-electron chi connectivity index (χ0n) is 20.4. The van der Waals surface area contributed by atoms with Crippen LogP contribution in [0.4, 0.5) is 0 Å². The van der Waals surface area contributed by atoms with E-state index in [0.29, 0.717) is 0 Å². The summed E-state index contributed by atoms with van der Waals surface area (Å²) >= 11 is 0. The first kappa shape index (κ1) is 24.9. The number of hydrogen-bond acceptors (Lipinski definition) is 2. The molecule has 0 saturated heterocycles. The maximum absolute atomic E-state index is 4.65. The number of nitrogens with zero attached hydrogens (tertiary/aromatic N) is 3. The largest absolute Gasteiger partial charge is 0.329 e. The molecule has 30 heavy (non-hydrogen) atoms. The van der Waals surface area contributed by atoms with Gasteiger partial charge in [-0.2, -0.15) is 0 Å². The van der Waals surface area contributed by atoms with E-state index in [1.165, 1.54) is 107 Å². The number of hydrogen-bond donors (Lipinski definition) is 0. The molecular formula is C27H47N3. The fraction of sp³-hybridized carbons (Fsp3) is 0.741. The van der Waals surface area contributed by atoms with Crippen LogP contribution in [0.5, 0.6) is 0 Å². The van der Waals surface area contributed by atoms with Gasteiger partial charge in [0.15, 0.2) is 0 Å². The Balaban J connectivity index is 1.83. The van der Waals surface area contributed by atoms with Gasteiger partial charge in [0.05, 0.1) is 17.4 Å². The molecule has 0 saturated carbocycles. The Morgan fingerprint density at radius 3 is 1.83 bits per heavy atom. The highest BCUT2D eigenvalue weighted by Crippen LogP contribution is 2.18. The fourth-order valence-electron chi connectivity index (χ4n) is 4.31. The molecule has 0 fully saturated rings. The Bertz CT molecular complexity index is 687. The third-order valence-corrected chi connectivity index (χ3v) is 6.55. The molecule has 0 aliphatic rings. The Morgan fingerprint density at radius 1 is 0.700 bits per heavy atom. The van der Waals surface area contributed by atoms with E-state index in [1.807, 2.05) is 6.33 Å². The molecule has 0 spiro atoms. The molecule has 1 aromatic carbocycles. The highest BCUT2D eigenvalue weighted by atomic mass is 15.2. The third kappa shape index (κ3) is 8.79. The van der Waals surface area contributed by atoms with Crippen molar-refractivity contribution in [3.05, 3.63) is 29.6 Å². The van der Waals surface area contributed by atoms with Gasteiger partial charge in [0.25, 0.3) is 0 Å². The minimum absolute atomic E-state index is 1.05. The first-order chi connectivity index (χ1) is 14.7. The van der Waals surface area contributed by atoms with Gasteiger partial charge in [0, 0.05) is 13.1 Å². The van der Waals surface area contributed by atoms with E-state index in [1.54, 1.807) is 0 Å². The number of aromatic nitrogens is 2. The van der Waals surface area contributed by atoms with Gasteiger partial charge in [-0.3, -0.25) is 0 Å². The lowest BCUT2D eigenvalue weighted by molar-refractivity contribution is 0.251. The number of aryl methyl sites for hydroxylation is 2. The Labute approximate surface area is 186 Å². The van der Waals surface area contributed by atoms with Crippen LogP contribution < -0.4 is 0 Å². The third-order valence-electron chi connectivity index (χ3n) is 6.55. The smallest absolute Gasteiger partial charge is 0.0958 e. The van der Waals surface area contributed by atoms with Crippen LogP contribution in [-0.4, -0.2) is 34.1 Å². The van der Waals surface area contributed by atoms with Crippen molar-refractivity contribution in [1.29, 1.82) is 0 Å². The molecule has 0 atom stereocenters. The standard InChI is InChI=1S/C27H47N3/c1-5-7-9-11-13-15-17-29(18-16-14-12-10-8-6-2)19-20-30-23-28-26-21-24(3)25(4)22-27(26)30/h21-23H,5-20H2,1-4H3. The van der Waals surface area contributed by atoms with Crippen molar-refractivity contribution in [2.75, 3.05) is 19.6 Å². The molecule has 0 radical (unpaired) electrons. The quantitative estimate of drug-likeness (QED) is 0.248. The molecule has 0 N–H and O–H groups in total. The molecule has 1 heterocycles. The van der Waals surface area contributed by atoms with Crippen LogP contribution in [0.25, 0.3) is 11.0 Å². The maximum atomic E-state index is 4.65. The molecule has 2 aromatic rings. The molecule has 3 nitrogen and oxygen atoms in total. The number of unbranched alkanes of at least 4 members (excludes halogenated alkanes) is 10. The molecular weight excluding hydrogens is 366 g/mol. The van der Waals surface area contributed by atoms with E-state index in [4.69, 9.17) is 0 Å². The minimum Gasteiger partial charge on any atom is -0.329 e. The van der Waals surface area contributed by atoms with Gasteiger partial charge < -0.3 is 9.47 Å². The molecule has 0 aliphatic carbocycles. The lowest BCUT2D eigenvalue weighted by atomic mass is 10.1. The second-order valence-corrected chi connectivity index (χ2v) is 9.24. The average molecular weight is 414 g/mol. The number of imidazole rings is 1. The summed E-state index contributed by atoms with van der Waals surface area (Å²) in [6.45, 7) is 13.7. The molecule has 1 aromatic heterocycles. The SMILES string of the molecule is CCCCCCCCN(CCCCCCCC)CCn1cnc2cc(C)c(C)cc21. The lowest BCUT2D eigenvalue weighted by Crippen LogP contribution is -2.29. The van der Waals surface area contributed by atoms with Crippen molar-refractivity contribution >= 4 is 11.0 Å². The van der Waals surface area contributed by atoms with Gasteiger partial charge in [-0.05, 0) is 63.0 Å². The van der Waals surface area contributed by atoms with Crippen molar-refractivity contribution in [1.82, 2.24) is 14.5 Å². The van der Waals surface area contributed by atoms with E-state index in [0.717, 1.165) is 18.6 Å². The maximum Gasteiger partial charge on any atom is 0.0958 e. The average Bonchev–Trinajstić information content (AvgIpc) is 3.12. The molecule has 0 bridgehead atoms. The Kier molecular flexibility index (Phi) is 12.1. The van der Waals surface area contributed by atoms with E-state index in [-0.39, 0.29) is 0 Å². The topological polar surface area (TPSA) is 21.1 Å². The molecule has 0 aliphatic heterocycles. The molecule has 0 amide bonds. The number of benzene rings is 1. The highest BCUT2D eigenvalue weighted by molar-refractivity contribution is 5.77. The first-order valence-corrected chi connectivity index (χ1v) is 12.8. The van der Waals surface area contributed by atoms with Gasteiger partial charge in [-0.1, -0.05) is 78.1 Å². The van der Waals surface area contributed by atoms with Crippen LogP contribution in [0.15, 0.2) is 18.5 Å². The summed E-state index contributed by atoms with van der Waals surface area (Å²) in [5.41, 5.74) is 5.12. The second-order valence-electron chi connectivity index (χ2n) is 9.24. The van der Waals surface area contributed by atoms with Gasteiger partial charge in [-0.15, -0.1) is 0 Å². The summed E-state index contributed by atoms with van der Waals surface area (Å²) in [6.07, 6.45) is 18.6. The molecule has 2 rings (SSSR count).